The molecule has 0 aromatic carbocycles. The maximum Gasteiger partial charge on any atom is 0.0957 e. The quantitative estimate of drug-likeness (QED) is 0.739. The Hall–Kier alpha value is -0.530. The van der Waals surface area contributed by atoms with Crippen LogP contribution in [0.2, 0.25) is 0 Å². The average Bonchev–Trinajstić information content (AvgIpc) is 2.22. The van der Waals surface area contributed by atoms with E-state index in [4.69, 9.17) is 5.41 Å². The Morgan fingerprint density at radius 3 is 2.53 bits per heavy atom. The third-order valence-corrected chi connectivity index (χ3v) is 4.11. The molecular formula is C13H24N2. The molecule has 1 saturated carbocycles. The number of nitrogens with zero attached hydrogens (tertiary/aromatic N) is 1. The van der Waals surface area contributed by atoms with E-state index in [2.05, 4.69) is 11.8 Å². The summed E-state index contributed by atoms with van der Waals surface area (Å²) in [7, 11) is 0. The molecule has 0 unspecified atom stereocenters. The summed E-state index contributed by atoms with van der Waals surface area (Å²) in [5.74, 6) is 0.896. The minimum absolute atomic E-state index is 0.502. The predicted octanol–water partition coefficient (Wildman–Crippen LogP) is 3.42. The van der Waals surface area contributed by atoms with Crippen molar-refractivity contribution in [3.05, 3.63) is 0 Å². The summed E-state index contributed by atoms with van der Waals surface area (Å²) in [5.41, 5.74) is 0.502. The van der Waals surface area contributed by atoms with Gasteiger partial charge in [0, 0.05) is 19.5 Å². The lowest BCUT2D eigenvalue weighted by Gasteiger charge is -2.40. The number of nitrogens with one attached hydrogen (secondary N) is 1. The maximum atomic E-state index is 7.98. The molecule has 2 fully saturated rings. The molecule has 0 spiro atoms. The van der Waals surface area contributed by atoms with Crippen LogP contribution in [0.1, 0.15) is 58.3 Å². The summed E-state index contributed by atoms with van der Waals surface area (Å²) in [5, 5.41) is 7.98. The molecule has 1 aliphatic carbocycles. The van der Waals surface area contributed by atoms with Crippen LogP contribution in [-0.2, 0) is 0 Å². The van der Waals surface area contributed by atoms with E-state index < -0.39 is 0 Å². The molecule has 2 rings (SSSR count). The predicted molar refractivity (Wildman–Crippen MR) is 64.3 cm³/mol. The second kappa shape index (κ2) is 4.54. The highest BCUT2D eigenvalue weighted by Gasteiger charge is 2.30. The smallest absolute Gasteiger partial charge is 0.0957 e. The summed E-state index contributed by atoms with van der Waals surface area (Å²) >= 11 is 0. The fourth-order valence-electron chi connectivity index (χ4n) is 3.09. The largest absolute Gasteiger partial charge is 0.360 e. The van der Waals surface area contributed by atoms with Crippen LogP contribution in [0.3, 0.4) is 0 Å². The van der Waals surface area contributed by atoms with Gasteiger partial charge in [0.25, 0.3) is 0 Å². The van der Waals surface area contributed by atoms with Gasteiger partial charge in [-0.25, -0.2) is 0 Å². The van der Waals surface area contributed by atoms with Crippen molar-refractivity contribution in [3.63, 3.8) is 0 Å². The van der Waals surface area contributed by atoms with Gasteiger partial charge in [0.2, 0.25) is 0 Å². The molecule has 0 atom stereocenters. The summed E-state index contributed by atoms with van der Waals surface area (Å²) in [4.78, 5) is 2.34. The number of likely N-dealkylation sites (tertiary alicyclic amines) is 1. The van der Waals surface area contributed by atoms with E-state index in [1.54, 1.807) is 0 Å². The Bertz CT molecular complexity index is 229. The van der Waals surface area contributed by atoms with Crippen molar-refractivity contribution in [2.45, 2.75) is 58.3 Å². The van der Waals surface area contributed by atoms with Gasteiger partial charge < -0.3 is 4.90 Å². The van der Waals surface area contributed by atoms with Crippen LogP contribution < -0.4 is 0 Å². The number of piperidine rings is 1. The highest BCUT2D eigenvalue weighted by Crippen LogP contribution is 2.37. The molecule has 1 N–H and O–H groups in total. The standard InChI is InChI=1S/C13H24N2/c1-13(8-4-2-5-9-13)11-15-10-6-3-7-12(15)14/h14H,2-11H2,1H3. The van der Waals surface area contributed by atoms with E-state index in [0.29, 0.717) is 5.41 Å². The van der Waals surface area contributed by atoms with E-state index in [9.17, 15) is 0 Å². The molecule has 1 heterocycles. The van der Waals surface area contributed by atoms with Gasteiger partial charge in [-0.05, 0) is 31.1 Å². The van der Waals surface area contributed by atoms with E-state index >= 15 is 0 Å². The Morgan fingerprint density at radius 1 is 1.13 bits per heavy atom. The molecule has 2 heteroatoms. The van der Waals surface area contributed by atoms with E-state index in [1.807, 2.05) is 0 Å². The molecular weight excluding hydrogens is 184 g/mol. The zero-order valence-electron chi connectivity index (χ0n) is 10.0. The van der Waals surface area contributed by atoms with E-state index in [1.165, 1.54) is 44.9 Å². The van der Waals surface area contributed by atoms with Crippen molar-refractivity contribution >= 4 is 5.84 Å². The van der Waals surface area contributed by atoms with Crippen molar-refractivity contribution in [3.8, 4) is 0 Å². The van der Waals surface area contributed by atoms with Gasteiger partial charge in [-0.3, -0.25) is 5.41 Å². The lowest BCUT2D eigenvalue weighted by molar-refractivity contribution is 0.155. The maximum absolute atomic E-state index is 7.98. The molecule has 86 valence electrons. The summed E-state index contributed by atoms with van der Waals surface area (Å²) in [6.45, 7) is 4.70. The topological polar surface area (TPSA) is 27.1 Å². The minimum atomic E-state index is 0.502. The van der Waals surface area contributed by atoms with Gasteiger partial charge in [-0.15, -0.1) is 0 Å². The van der Waals surface area contributed by atoms with Crippen molar-refractivity contribution in [1.82, 2.24) is 4.90 Å². The van der Waals surface area contributed by atoms with Gasteiger partial charge in [0.15, 0.2) is 0 Å². The molecule has 0 aromatic rings. The van der Waals surface area contributed by atoms with Crippen LogP contribution in [0.4, 0.5) is 0 Å². The highest BCUT2D eigenvalue weighted by molar-refractivity contribution is 5.79. The third kappa shape index (κ3) is 2.73. The highest BCUT2D eigenvalue weighted by atomic mass is 15.2. The monoisotopic (exact) mass is 208 g/mol. The van der Waals surface area contributed by atoms with Crippen LogP contribution in [0.25, 0.3) is 0 Å². The molecule has 0 bridgehead atoms. The minimum Gasteiger partial charge on any atom is -0.360 e. The van der Waals surface area contributed by atoms with Gasteiger partial charge in [-0.1, -0.05) is 26.2 Å². The lowest BCUT2D eigenvalue weighted by atomic mass is 9.75. The van der Waals surface area contributed by atoms with Gasteiger partial charge >= 0.3 is 0 Å². The number of hydrogen-bond donors (Lipinski definition) is 1. The zero-order chi connectivity index (χ0) is 10.7. The lowest BCUT2D eigenvalue weighted by Crippen LogP contribution is -2.43. The average molecular weight is 208 g/mol. The summed E-state index contributed by atoms with van der Waals surface area (Å²) in [6, 6.07) is 0. The van der Waals surface area contributed by atoms with Crippen LogP contribution in [-0.4, -0.2) is 23.8 Å². The van der Waals surface area contributed by atoms with Crippen molar-refractivity contribution in [2.75, 3.05) is 13.1 Å². The first-order valence-corrected chi connectivity index (χ1v) is 6.52. The first-order valence-electron chi connectivity index (χ1n) is 6.52. The Kier molecular flexibility index (Phi) is 3.32. The van der Waals surface area contributed by atoms with Crippen LogP contribution in [0, 0.1) is 10.8 Å². The second-order valence-corrected chi connectivity index (χ2v) is 5.70. The fraction of sp³-hybridized carbons (Fsp3) is 0.923. The van der Waals surface area contributed by atoms with Crippen molar-refractivity contribution < 1.29 is 0 Å². The van der Waals surface area contributed by atoms with Crippen molar-refractivity contribution in [1.29, 1.82) is 5.41 Å². The van der Waals surface area contributed by atoms with Gasteiger partial charge in [0.1, 0.15) is 0 Å². The van der Waals surface area contributed by atoms with Crippen LogP contribution in [0.15, 0.2) is 0 Å². The first-order chi connectivity index (χ1) is 7.20. The van der Waals surface area contributed by atoms with Gasteiger partial charge in [-0.2, -0.15) is 0 Å². The number of rotatable bonds is 2. The van der Waals surface area contributed by atoms with Crippen LogP contribution in [0.5, 0.6) is 0 Å². The Labute approximate surface area is 93.6 Å². The molecule has 2 aliphatic rings. The third-order valence-electron chi connectivity index (χ3n) is 4.11. The van der Waals surface area contributed by atoms with Crippen LogP contribution >= 0.6 is 0 Å². The Balaban J connectivity index is 1.91. The molecule has 0 aromatic heterocycles. The SMILES string of the molecule is CC1(CN2CCCCC2=N)CCCCC1. The Morgan fingerprint density at radius 2 is 1.87 bits per heavy atom. The molecule has 0 amide bonds. The molecule has 2 nitrogen and oxygen atoms in total. The number of amidine groups is 1. The normalized spacial score (nSPS) is 26.7. The first kappa shape index (κ1) is 11.0. The van der Waals surface area contributed by atoms with E-state index in [0.717, 1.165) is 25.3 Å². The fourth-order valence-corrected chi connectivity index (χ4v) is 3.09. The molecule has 1 aliphatic heterocycles. The molecule has 0 radical (unpaired) electrons. The van der Waals surface area contributed by atoms with E-state index in [-0.39, 0.29) is 0 Å². The molecule has 15 heavy (non-hydrogen) atoms. The second-order valence-electron chi connectivity index (χ2n) is 5.70. The summed E-state index contributed by atoms with van der Waals surface area (Å²) in [6.07, 6.45) is 10.5. The molecule has 1 saturated heterocycles. The summed E-state index contributed by atoms with van der Waals surface area (Å²) < 4.78 is 0. The van der Waals surface area contributed by atoms with Crippen molar-refractivity contribution in [2.24, 2.45) is 5.41 Å². The zero-order valence-corrected chi connectivity index (χ0v) is 10.0. The van der Waals surface area contributed by atoms with Gasteiger partial charge in [0.05, 0.1) is 5.84 Å². The number of hydrogen-bond acceptors (Lipinski definition) is 1.